The number of benzene rings is 1. The number of aliphatic imine (C=N–C) groups is 1. The summed E-state index contributed by atoms with van der Waals surface area (Å²) in [4.78, 5) is 4.05. The van der Waals surface area contributed by atoms with Crippen molar-refractivity contribution >= 4 is 21.8 Å². The van der Waals surface area contributed by atoms with E-state index in [9.17, 15) is 0 Å². The van der Waals surface area contributed by atoms with Crippen LogP contribution in [0.15, 0.2) is 21.6 Å². The molecule has 0 unspecified atom stereocenters. The van der Waals surface area contributed by atoms with E-state index in [1.807, 2.05) is 26.0 Å². The number of amidine groups is 1. The Bertz CT molecular complexity index is 349. The van der Waals surface area contributed by atoms with E-state index in [0.717, 1.165) is 10.0 Å². The fraction of sp³-hybridized carbons (Fsp3) is 0.300. The number of nitrogens with one attached hydrogen (secondary N) is 1. The van der Waals surface area contributed by atoms with E-state index >= 15 is 0 Å². The van der Waals surface area contributed by atoms with Gasteiger partial charge in [-0.3, -0.25) is 4.99 Å². The van der Waals surface area contributed by atoms with Gasteiger partial charge in [-0.15, -0.1) is 0 Å². The summed E-state index contributed by atoms with van der Waals surface area (Å²) in [6.07, 6.45) is 0. The lowest BCUT2D eigenvalue weighted by Crippen LogP contribution is -2.31. The molecule has 3 nitrogen and oxygen atoms in total. The molecule has 0 spiro atoms. The molecule has 0 amide bonds. The molecule has 0 fully saturated rings. The number of nitrogens with two attached hydrogens (primary N) is 1. The summed E-state index contributed by atoms with van der Waals surface area (Å²) in [6.45, 7) is 4.09. The van der Waals surface area contributed by atoms with E-state index in [1.54, 1.807) is 7.05 Å². The average molecular weight is 256 g/mol. The fourth-order valence-corrected chi connectivity index (χ4v) is 1.59. The highest BCUT2D eigenvalue weighted by Crippen LogP contribution is 2.22. The van der Waals surface area contributed by atoms with Gasteiger partial charge in [-0.25, -0.2) is 5.84 Å². The quantitative estimate of drug-likeness (QED) is 0.349. The van der Waals surface area contributed by atoms with Gasteiger partial charge in [-0.2, -0.15) is 0 Å². The molecular formula is C10H14BrN3. The van der Waals surface area contributed by atoms with Crippen LogP contribution < -0.4 is 11.3 Å². The van der Waals surface area contributed by atoms with Gasteiger partial charge in [0.05, 0.1) is 0 Å². The molecule has 0 aromatic heterocycles. The molecule has 0 aliphatic rings. The maximum Gasteiger partial charge on any atom is 0.142 e. The molecule has 1 rings (SSSR count). The average Bonchev–Trinajstić information content (AvgIpc) is 2.16. The molecule has 0 radical (unpaired) electrons. The van der Waals surface area contributed by atoms with Crippen LogP contribution >= 0.6 is 15.9 Å². The molecule has 3 N–H and O–H groups in total. The monoisotopic (exact) mass is 255 g/mol. The van der Waals surface area contributed by atoms with Gasteiger partial charge in [-0.05, 0) is 37.1 Å². The third-order valence-electron chi connectivity index (χ3n) is 2.07. The van der Waals surface area contributed by atoms with Crippen molar-refractivity contribution < 1.29 is 0 Å². The summed E-state index contributed by atoms with van der Waals surface area (Å²) in [5.41, 5.74) is 5.94. The Balaban J connectivity index is 3.25. The van der Waals surface area contributed by atoms with E-state index in [1.165, 1.54) is 11.1 Å². The lowest BCUT2D eigenvalue weighted by Gasteiger charge is -2.09. The maximum atomic E-state index is 5.36. The highest BCUT2D eigenvalue weighted by Gasteiger charge is 2.05. The molecule has 0 bridgehead atoms. The minimum absolute atomic E-state index is 0.698. The second-order valence-electron chi connectivity index (χ2n) is 3.14. The normalized spacial score (nSPS) is 11.6. The molecule has 1 aromatic rings. The second kappa shape index (κ2) is 4.57. The van der Waals surface area contributed by atoms with Crippen molar-refractivity contribution in [3.05, 3.63) is 33.3 Å². The molecule has 0 saturated heterocycles. The number of hydrazine groups is 1. The Morgan fingerprint density at radius 1 is 1.36 bits per heavy atom. The van der Waals surface area contributed by atoms with Crippen LogP contribution in [-0.2, 0) is 0 Å². The first-order valence-electron chi connectivity index (χ1n) is 4.30. The Kier molecular flexibility index (Phi) is 3.66. The summed E-state index contributed by atoms with van der Waals surface area (Å²) < 4.78 is 1.13. The molecule has 0 aliphatic carbocycles. The van der Waals surface area contributed by atoms with Crippen molar-refractivity contribution in [3.63, 3.8) is 0 Å². The molecule has 14 heavy (non-hydrogen) atoms. The topological polar surface area (TPSA) is 50.4 Å². The van der Waals surface area contributed by atoms with E-state index in [2.05, 4.69) is 26.3 Å². The Hall–Kier alpha value is -0.870. The zero-order valence-electron chi connectivity index (χ0n) is 8.56. The molecule has 4 heteroatoms. The summed E-state index contributed by atoms with van der Waals surface area (Å²) in [5, 5.41) is 0. The Labute approximate surface area is 92.5 Å². The van der Waals surface area contributed by atoms with Gasteiger partial charge >= 0.3 is 0 Å². The van der Waals surface area contributed by atoms with Crippen LogP contribution in [0.2, 0.25) is 0 Å². The van der Waals surface area contributed by atoms with Crippen molar-refractivity contribution in [1.29, 1.82) is 0 Å². The van der Waals surface area contributed by atoms with Crippen LogP contribution in [0.4, 0.5) is 0 Å². The first-order valence-corrected chi connectivity index (χ1v) is 5.10. The molecule has 0 heterocycles. The van der Waals surface area contributed by atoms with Gasteiger partial charge in [0, 0.05) is 17.1 Å². The van der Waals surface area contributed by atoms with Crippen LogP contribution in [0.3, 0.4) is 0 Å². The van der Waals surface area contributed by atoms with E-state index in [0.29, 0.717) is 5.84 Å². The standard InChI is InChI=1S/C10H14BrN3/c1-6-4-8(10(13-3)14-12)5-7(2)9(6)11/h4-5H,12H2,1-3H3,(H,13,14). The van der Waals surface area contributed by atoms with Gasteiger partial charge in [0.15, 0.2) is 0 Å². The lowest BCUT2D eigenvalue weighted by molar-refractivity contribution is 1.02. The second-order valence-corrected chi connectivity index (χ2v) is 3.93. The van der Waals surface area contributed by atoms with Gasteiger partial charge in [0.25, 0.3) is 0 Å². The van der Waals surface area contributed by atoms with E-state index in [4.69, 9.17) is 5.84 Å². The van der Waals surface area contributed by atoms with Gasteiger partial charge in [-0.1, -0.05) is 15.9 Å². The molecule has 0 saturated carbocycles. The first kappa shape index (κ1) is 11.2. The van der Waals surface area contributed by atoms with Crippen LogP contribution in [0, 0.1) is 13.8 Å². The number of rotatable bonds is 1. The third kappa shape index (κ3) is 2.13. The highest BCUT2D eigenvalue weighted by atomic mass is 79.9. The molecule has 1 aromatic carbocycles. The molecular weight excluding hydrogens is 242 g/mol. The number of halogens is 1. The van der Waals surface area contributed by atoms with Gasteiger partial charge in [0.2, 0.25) is 0 Å². The van der Waals surface area contributed by atoms with E-state index in [-0.39, 0.29) is 0 Å². The van der Waals surface area contributed by atoms with Gasteiger partial charge in [0.1, 0.15) is 5.84 Å². The predicted octanol–water partition coefficient (Wildman–Crippen LogP) is 1.91. The molecule has 76 valence electrons. The number of aryl methyl sites for hydroxylation is 2. The largest absolute Gasteiger partial charge is 0.308 e. The third-order valence-corrected chi connectivity index (χ3v) is 3.32. The van der Waals surface area contributed by atoms with Crippen molar-refractivity contribution in [1.82, 2.24) is 5.43 Å². The highest BCUT2D eigenvalue weighted by molar-refractivity contribution is 9.10. The zero-order valence-corrected chi connectivity index (χ0v) is 10.1. The minimum atomic E-state index is 0.698. The summed E-state index contributed by atoms with van der Waals surface area (Å²) in [6, 6.07) is 4.08. The number of hydrogen-bond acceptors (Lipinski definition) is 2. The summed E-state index contributed by atoms with van der Waals surface area (Å²) in [7, 11) is 1.71. The van der Waals surface area contributed by atoms with Crippen molar-refractivity contribution in [2.24, 2.45) is 10.8 Å². The van der Waals surface area contributed by atoms with E-state index < -0.39 is 0 Å². The first-order chi connectivity index (χ1) is 6.60. The number of nitrogens with zero attached hydrogens (tertiary/aromatic N) is 1. The Morgan fingerprint density at radius 2 is 1.86 bits per heavy atom. The predicted molar refractivity (Wildman–Crippen MR) is 63.4 cm³/mol. The SMILES string of the molecule is CN=C(NN)c1cc(C)c(Br)c(C)c1. The van der Waals surface area contributed by atoms with Crippen molar-refractivity contribution in [2.75, 3.05) is 7.05 Å². The number of hydrogen-bond donors (Lipinski definition) is 2. The summed E-state index contributed by atoms with van der Waals surface area (Å²) >= 11 is 3.51. The van der Waals surface area contributed by atoms with Crippen molar-refractivity contribution in [3.8, 4) is 0 Å². The summed E-state index contributed by atoms with van der Waals surface area (Å²) in [5.74, 6) is 6.06. The lowest BCUT2D eigenvalue weighted by atomic mass is 10.1. The smallest absolute Gasteiger partial charge is 0.142 e. The van der Waals surface area contributed by atoms with Crippen LogP contribution in [0.25, 0.3) is 0 Å². The fourth-order valence-electron chi connectivity index (χ4n) is 1.36. The zero-order chi connectivity index (χ0) is 10.7. The van der Waals surface area contributed by atoms with Crippen LogP contribution in [-0.4, -0.2) is 12.9 Å². The maximum absolute atomic E-state index is 5.36. The van der Waals surface area contributed by atoms with Crippen LogP contribution in [0.1, 0.15) is 16.7 Å². The van der Waals surface area contributed by atoms with Gasteiger partial charge < -0.3 is 5.43 Å². The van der Waals surface area contributed by atoms with Crippen molar-refractivity contribution in [2.45, 2.75) is 13.8 Å². The molecule has 0 atom stereocenters. The molecule has 0 aliphatic heterocycles. The van der Waals surface area contributed by atoms with Crippen LogP contribution in [0.5, 0.6) is 0 Å². The minimum Gasteiger partial charge on any atom is -0.308 e. The Morgan fingerprint density at radius 3 is 2.21 bits per heavy atom.